The number of carbonyl (C=O) groups excluding carboxylic acids is 1. The first kappa shape index (κ1) is 13.4. The van der Waals surface area contributed by atoms with E-state index in [9.17, 15) is 13.2 Å². The number of rotatable bonds is 4. The molecule has 0 aromatic heterocycles. The van der Waals surface area contributed by atoms with E-state index in [4.69, 9.17) is 4.74 Å². The van der Waals surface area contributed by atoms with Crippen LogP contribution in [0.15, 0.2) is 0 Å². The summed E-state index contributed by atoms with van der Waals surface area (Å²) in [6, 6.07) is 0. The minimum Gasteiger partial charge on any atom is -0.467 e. The zero-order chi connectivity index (χ0) is 12.2. The molecule has 0 aromatic carbocycles. The minimum atomic E-state index is -2.97. The first-order chi connectivity index (χ1) is 7.42. The molecule has 16 heavy (non-hydrogen) atoms. The standard InChI is InChI=1S/C9H17NO5S/c1-14-9(11)8-7-10(3-5-15-8)4-6-16(2,12)13/h8H,3-7H2,1-2H3. The zero-order valence-electron chi connectivity index (χ0n) is 9.51. The van der Waals surface area contributed by atoms with Gasteiger partial charge in [0.1, 0.15) is 9.84 Å². The van der Waals surface area contributed by atoms with E-state index in [-0.39, 0.29) is 5.75 Å². The van der Waals surface area contributed by atoms with Crippen LogP contribution < -0.4 is 0 Å². The first-order valence-corrected chi connectivity index (χ1v) is 7.08. The fourth-order valence-corrected chi connectivity index (χ4v) is 2.06. The van der Waals surface area contributed by atoms with Crippen molar-refractivity contribution in [3.8, 4) is 0 Å². The summed E-state index contributed by atoms with van der Waals surface area (Å²) in [6.07, 6.45) is 0.601. The average molecular weight is 251 g/mol. The Morgan fingerprint density at radius 1 is 1.56 bits per heavy atom. The predicted octanol–water partition coefficient (Wildman–Crippen LogP) is -1.10. The topological polar surface area (TPSA) is 72.9 Å². The van der Waals surface area contributed by atoms with E-state index in [2.05, 4.69) is 4.74 Å². The maximum atomic E-state index is 11.2. The summed E-state index contributed by atoms with van der Waals surface area (Å²) in [5.74, 6) is -0.315. The third kappa shape index (κ3) is 4.46. The number of sulfone groups is 1. The van der Waals surface area contributed by atoms with Crippen molar-refractivity contribution in [3.63, 3.8) is 0 Å². The molecule has 94 valence electrons. The molecule has 0 radical (unpaired) electrons. The van der Waals surface area contributed by atoms with Gasteiger partial charge in [-0.1, -0.05) is 0 Å². The average Bonchev–Trinajstić information content (AvgIpc) is 2.25. The van der Waals surface area contributed by atoms with Gasteiger partial charge in [-0.2, -0.15) is 0 Å². The fraction of sp³-hybridized carbons (Fsp3) is 0.889. The molecule has 1 saturated heterocycles. The van der Waals surface area contributed by atoms with Crippen molar-refractivity contribution in [3.05, 3.63) is 0 Å². The van der Waals surface area contributed by atoms with Crippen molar-refractivity contribution in [2.75, 3.05) is 45.4 Å². The van der Waals surface area contributed by atoms with Gasteiger partial charge >= 0.3 is 5.97 Å². The molecule has 0 spiro atoms. The van der Waals surface area contributed by atoms with Crippen molar-refractivity contribution in [1.82, 2.24) is 4.90 Å². The highest BCUT2D eigenvalue weighted by Crippen LogP contribution is 2.06. The third-order valence-electron chi connectivity index (χ3n) is 2.39. The number of methoxy groups -OCH3 is 1. The Labute approximate surface area is 95.4 Å². The lowest BCUT2D eigenvalue weighted by Crippen LogP contribution is -2.47. The van der Waals surface area contributed by atoms with Gasteiger partial charge in [0.05, 0.1) is 19.5 Å². The van der Waals surface area contributed by atoms with Crippen LogP contribution in [0, 0.1) is 0 Å². The second-order valence-corrected chi connectivity index (χ2v) is 6.07. The minimum absolute atomic E-state index is 0.0981. The van der Waals surface area contributed by atoms with Crippen LogP contribution in [0.3, 0.4) is 0 Å². The summed E-state index contributed by atoms with van der Waals surface area (Å²) in [4.78, 5) is 13.1. The highest BCUT2D eigenvalue weighted by molar-refractivity contribution is 7.90. The lowest BCUT2D eigenvalue weighted by Gasteiger charge is -2.31. The molecular formula is C9H17NO5S. The van der Waals surface area contributed by atoms with E-state index in [0.717, 1.165) is 0 Å². The molecule has 0 bridgehead atoms. The molecule has 0 aliphatic carbocycles. The molecule has 6 nitrogen and oxygen atoms in total. The Kier molecular flexibility index (Phi) is 4.69. The summed E-state index contributed by atoms with van der Waals surface area (Å²) >= 11 is 0. The first-order valence-electron chi connectivity index (χ1n) is 5.02. The molecule has 0 saturated carbocycles. The predicted molar refractivity (Wildman–Crippen MR) is 57.9 cm³/mol. The molecule has 1 heterocycles. The van der Waals surface area contributed by atoms with Gasteiger partial charge in [-0.3, -0.25) is 4.90 Å². The number of esters is 1. The second kappa shape index (κ2) is 5.60. The van der Waals surface area contributed by atoms with Gasteiger partial charge in [0, 0.05) is 25.9 Å². The Morgan fingerprint density at radius 2 is 2.25 bits per heavy atom. The molecule has 1 fully saturated rings. The Balaban J connectivity index is 2.42. The van der Waals surface area contributed by atoms with Crippen molar-refractivity contribution < 1.29 is 22.7 Å². The summed E-state index contributed by atoms with van der Waals surface area (Å²) < 4.78 is 31.8. The van der Waals surface area contributed by atoms with Crippen molar-refractivity contribution in [2.45, 2.75) is 6.10 Å². The van der Waals surface area contributed by atoms with Crippen molar-refractivity contribution in [1.29, 1.82) is 0 Å². The summed E-state index contributed by atoms with van der Waals surface area (Å²) in [5, 5.41) is 0. The molecule has 1 aliphatic heterocycles. The van der Waals surface area contributed by atoms with Crippen LogP contribution in [-0.4, -0.2) is 70.8 Å². The maximum absolute atomic E-state index is 11.2. The van der Waals surface area contributed by atoms with Crippen LogP contribution in [0.1, 0.15) is 0 Å². The van der Waals surface area contributed by atoms with E-state index < -0.39 is 21.9 Å². The number of ether oxygens (including phenoxy) is 2. The van der Waals surface area contributed by atoms with Gasteiger partial charge in [-0.05, 0) is 0 Å². The van der Waals surface area contributed by atoms with Gasteiger partial charge in [0.25, 0.3) is 0 Å². The molecule has 0 aromatic rings. The van der Waals surface area contributed by atoms with Gasteiger partial charge in [0.15, 0.2) is 6.10 Å². The zero-order valence-corrected chi connectivity index (χ0v) is 10.3. The Morgan fingerprint density at radius 3 is 2.81 bits per heavy atom. The molecule has 1 atom stereocenters. The molecular weight excluding hydrogens is 234 g/mol. The van der Waals surface area contributed by atoms with Crippen LogP contribution >= 0.6 is 0 Å². The monoisotopic (exact) mass is 251 g/mol. The number of morpholine rings is 1. The van der Waals surface area contributed by atoms with Crippen LogP contribution in [0.4, 0.5) is 0 Å². The molecule has 1 unspecified atom stereocenters. The quantitative estimate of drug-likeness (QED) is 0.591. The Bertz CT molecular complexity index is 340. The lowest BCUT2D eigenvalue weighted by molar-refractivity contribution is -0.159. The van der Waals surface area contributed by atoms with E-state index in [1.807, 2.05) is 4.90 Å². The number of hydrogen-bond donors (Lipinski definition) is 0. The van der Waals surface area contributed by atoms with Crippen LogP contribution in [-0.2, 0) is 24.1 Å². The van der Waals surface area contributed by atoms with Crippen molar-refractivity contribution in [2.24, 2.45) is 0 Å². The number of nitrogens with zero attached hydrogens (tertiary/aromatic N) is 1. The Hall–Kier alpha value is -0.660. The van der Waals surface area contributed by atoms with E-state index >= 15 is 0 Å². The van der Waals surface area contributed by atoms with Crippen LogP contribution in [0.5, 0.6) is 0 Å². The van der Waals surface area contributed by atoms with Gasteiger partial charge in [0.2, 0.25) is 0 Å². The van der Waals surface area contributed by atoms with Crippen LogP contribution in [0.2, 0.25) is 0 Å². The smallest absolute Gasteiger partial charge is 0.336 e. The van der Waals surface area contributed by atoms with Gasteiger partial charge in [-0.15, -0.1) is 0 Å². The lowest BCUT2D eigenvalue weighted by atomic mass is 10.3. The van der Waals surface area contributed by atoms with E-state index in [0.29, 0.717) is 26.2 Å². The molecule has 0 amide bonds. The SMILES string of the molecule is COC(=O)C1CN(CCS(C)(=O)=O)CCO1. The van der Waals surface area contributed by atoms with Crippen LogP contribution in [0.25, 0.3) is 0 Å². The summed E-state index contributed by atoms with van der Waals surface area (Å²) in [6.45, 7) is 1.88. The molecule has 7 heteroatoms. The molecule has 1 aliphatic rings. The molecule has 1 rings (SSSR count). The highest BCUT2D eigenvalue weighted by Gasteiger charge is 2.27. The summed E-state index contributed by atoms with van der Waals surface area (Å²) in [7, 11) is -1.66. The van der Waals surface area contributed by atoms with Gasteiger partial charge < -0.3 is 9.47 Å². The van der Waals surface area contributed by atoms with E-state index in [1.54, 1.807) is 0 Å². The van der Waals surface area contributed by atoms with Crippen molar-refractivity contribution >= 4 is 15.8 Å². The largest absolute Gasteiger partial charge is 0.467 e. The fourth-order valence-electron chi connectivity index (χ4n) is 1.47. The molecule has 0 N–H and O–H groups in total. The van der Waals surface area contributed by atoms with Gasteiger partial charge in [-0.25, -0.2) is 13.2 Å². The number of carbonyl (C=O) groups is 1. The highest BCUT2D eigenvalue weighted by atomic mass is 32.2. The third-order valence-corrected chi connectivity index (χ3v) is 3.32. The normalized spacial score (nSPS) is 23.0. The summed E-state index contributed by atoms with van der Waals surface area (Å²) in [5.41, 5.74) is 0. The maximum Gasteiger partial charge on any atom is 0.336 e. The number of hydrogen-bond acceptors (Lipinski definition) is 6. The van der Waals surface area contributed by atoms with E-state index in [1.165, 1.54) is 13.4 Å². The second-order valence-electron chi connectivity index (χ2n) is 3.81.